The first kappa shape index (κ1) is 14.8. The fraction of sp³-hybridized carbons (Fsp3) is 0.188. The lowest BCUT2D eigenvalue weighted by molar-refractivity contribution is -0.116. The van der Waals surface area contributed by atoms with Crippen molar-refractivity contribution < 1.29 is 19.0 Å². The van der Waals surface area contributed by atoms with Crippen molar-refractivity contribution >= 4 is 11.6 Å². The van der Waals surface area contributed by atoms with Gasteiger partial charge in [0.15, 0.2) is 0 Å². The molecule has 0 aromatic heterocycles. The number of hydrogen-bond donors (Lipinski definition) is 2. The Labute approximate surface area is 122 Å². The number of para-hydroxylation sites is 2. The Bertz CT molecular complexity index is 599. The Morgan fingerprint density at radius 1 is 1.14 bits per heavy atom. The highest BCUT2D eigenvalue weighted by Crippen LogP contribution is 2.21. The van der Waals surface area contributed by atoms with E-state index in [1.807, 2.05) is 0 Å². The molecule has 1 amide bonds. The van der Waals surface area contributed by atoms with E-state index in [1.165, 1.54) is 30.3 Å². The van der Waals surface area contributed by atoms with Crippen LogP contribution in [-0.4, -0.2) is 17.6 Å². The van der Waals surface area contributed by atoms with Crippen LogP contribution in [-0.2, 0) is 4.79 Å². The zero-order chi connectivity index (χ0) is 15.1. The molecule has 0 atom stereocenters. The first-order valence-corrected chi connectivity index (χ1v) is 6.61. The predicted molar refractivity (Wildman–Crippen MR) is 77.9 cm³/mol. The molecule has 0 bridgehead atoms. The fourth-order valence-electron chi connectivity index (χ4n) is 1.75. The third-order valence-corrected chi connectivity index (χ3v) is 2.81. The normalized spacial score (nSPS) is 10.1. The second kappa shape index (κ2) is 7.28. The third-order valence-electron chi connectivity index (χ3n) is 2.81. The summed E-state index contributed by atoms with van der Waals surface area (Å²) in [4.78, 5) is 11.7. The predicted octanol–water partition coefficient (Wildman–Crippen LogP) is 3.33. The maximum Gasteiger partial charge on any atom is 0.224 e. The Balaban J connectivity index is 1.70. The van der Waals surface area contributed by atoms with Gasteiger partial charge in [0.25, 0.3) is 0 Å². The van der Waals surface area contributed by atoms with Crippen LogP contribution in [0.2, 0.25) is 0 Å². The van der Waals surface area contributed by atoms with E-state index in [1.54, 1.807) is 18.2 Å². The number of rotatable bonds is 6. The summed E-state index contributed by atoms with van der Waals surface area (Å²) in [5, 5.41) is 12.2. The van der Waals surface area contributed by atoms with Gasteiger partial charge in [-0.25, -0.2) is 4.39 Å². The number of hydrogen-bond acceptors (Lipinski definition) is 3. The number of benzene rings is 2. The van der Waals surface area contributed by atoms with Crippen molar-refractivity contribution in [3.63, 3.8) is 0 Å². The molecular weight excluding hydrogens is 273 g/mol. The lowest BCUT2D eigenvalue weighted by Gasteiger charge is -2.08. The molecule has 110 valence electrons. The monoisotopic (exact) mass is 289 g/mol. The lowest BCUT2D eigenvalue weighted by atomic mass is 10.2. The number of aromatic hydroxyl groups is 1. The molecule has 0 saturated carbocycles. The van der Waals surface area contributed by atoms with Crippen molar-refractivity contribution in [3.8, 4) is 11.5 Å². The largest absolute Gasteiger partial charge is 0.506 e. The molecule has 21 heavy (non-hydrogen) atoms. The number of ether oxygens (including phenoxy) is 1. The van der Waals surface area contributed by atoms with Gasteiger partial charge in [-0.05, 0) is 42.8 Å². The van der Waals surface area contributed by atoms with Gasteiger partial charge in [0.1, 0.15) is 17.3 Å². The minimum atomic E-state index is -0.315. The van der Waals surface area contributed by atoms with E-state index in [0.717, 1.165) is 0 Å². The minimum Gasteiger partial charge on any atom is -0.506 e. The van der Waals surface area contributed by atoms with Crippen molar-refractivity contribution in [3.05, 3.63) is 54.3 Å². The highest BCUT2D eigenvalue weighted by Gasteiger charge is 2.05. The van der Waals surface area contributed by atoms with Gasteiger partial charge in [-0.1, -0.05) is 12.1 Å². The van der Waals surface area contributed by atoms with Crippen LogP contribution in [0.5, 0.6) is 11.5 Å². The van der Waals surface area contributed by atoms with Crippen LogP contribution in [0.3, 0.4) is 0 Å². The average Bonchev–Trinajstić information content (AvgIpc) is 2.48. The number of nitrogens with one attached hydrogen (secondary N) is 1. The quantitative estimate of drug-likeness (QED) is 0.633. The highest BCUT2D eigenvalue weighted by atomic mass is 19.1. The number of phenolic OH excluding ortho intramolecular Hbond substituents is 1. The van der Waals surface area contributed by atoms with Crippen molar-refractivity contribution in [1.29, 1.82) is 0 Å². The Kier molecular flexibility index (Phi) is 5.15. The molecule has 2 rings (SSSR count). The topological polar surface area (TPSA) is 58.6 Å². The molecule has 4 nitrogen and oxygen atoms in total. The standard InChI is InChI=1S/C16H16FNO3/c17-12-7-9-13(10-8-12)21-11-3-6-16(20)18-14-4-1-2-5-15(14)19/h1-2,4-5,7-10,19H,3,6,11H2,(H,18,20). The number of carbonyl (C=O) groups excluding carboxylic acids is 1. The third kappa shape index (κ3) is 4.80. The molecule has 0 spiro atoms. The van der Waals surface area contributed by atoms with Crippen LogP contribution in [0.15, 0.2) is 48.5 Å². The summed E-state index contributed by atoms with van der Waals surface area (Å²) in [6.07, 6.45) is 0.798. The molecule has 0 fully saturated rings. The zero-order valence-corrected chi connectivity index (χ0v) is 11.4. The van der Waals surface area contributed by atoms with E-state index in [2.05, 4.69) is 5.32 Å². The molecule has 5 heteroatoms. The smallest absolute Gasteiger partial charge is 0.224 e. The van der Waals surface area contributed by atoms with Crippen LogP contribution < -0.4 is 10.1 Å². The second-order valence-corrected chi connectivity index (χ2v) is 4.47. The summed E-state index contributed by atoms with van der Waals surface area (Å²) in [5.74, 6) is 0.0922. The Morgan fingerprint density at radius 2 is 1.86 bits per heavy atom. The lowest BCUT2D eigenvalue weighted by Crippen LogP contribution is -2.12. The van der Waals surface area contributed by atoms with E-state index in [4.69, 9.17) is 4.74 Å². The minimum absolute atomic E-state index is 0.0356. The zero-order valence-electron chi connectivity index (χ0n) is 11.4. The summed E-state index contributed by atoms with van der Waals surface area (Å²) >= 11 is 0. The highest BCUT2D eigenvalue weighted by molar-refractivity contribution is 5.92. The molecular formula is C16H16FNO3. The van der Waals surface area contributed by atoms with Crippen molar-refractivity contribution in [2.24, 2.45) is 0 Å². The number of halogens is 1. The average molecular weight is 289 g/mol. The van der Waals surface area contributed by atoms with Crippen molar-refractivity contribution in [1.82, 2.24) is 0 Å². The molecule has 2 N–H and O–H groups in total. The van der Waals surface area contributed by atoms with E-state index >= 15 is 0 Å². The second-order valence-electron chi connectivity index (χ2n) is 4.47. The van der Waals surface area contributed by atoms with Gasteiger partial charge in [-0.3, -0.25) is 4.79 Å². The van der Waals surface area contributed by atoms with E-state index in [-0.39, 0.29) is 23.9 Å². The van der Waals surface area contributed by atoms with Crippen LogP contribution in [0.1, 0.15) is 12.8 Å². The van der Waals surface area contributed by atoms with Crippen LogP contribution in [0.4, 0.5) is 10.1 Å². The van der Waals surface area contributed by atoms with E-state index < -0.39 is 0 Å². The number of carbonyl (C=O) groups is 1. The SMILES string of the molecule is O=C(CCCOc1ccc(F)cc1)Nc1ccccc1O. The summed E-state index contributed by atoms with van der Waals surface area (Å²) < 4.78 is 18.1. The Morgan fingerprint density at radius 3 is 2.57 bits per heavy atom. The van der Waals surface area contributed by atoms with Crippen molar-refractivity contribution in [2.75, 3.05) is 11.9 Å². The Hall–Kier alpha value is -2.56. The molecule has 0 heterocycles. The van der Waals surface area contributed by atoms with Crippen LogP contribution >= 0.6 is 0 Å². The summed E-state index contributed by atoms with van der Waals surface area (Å²) in [5.41, 5.74) is 0.391. The van der Waals surface area contributed by atoms with Gasteiger partial charge in [0.05, 0.1) is 12.3 Å². The first-order valence-electron chi connectivity index (χ1n) is 6.61. The van der Waals surface area contributed by atoms with E-state index in [0.29, 0.717) is 24.5 Å². The molecule has 0 unspecified atom stereocenters. The summed E-state index contributed by atoms with van der Waals surface area (Å²) in [7, 11) is 0. The van der Waals surface area contributed by atoms with E-state index in [9.17, 15) is 14.3 Å². The maximum absolute atomic E-state index is 12.7. The number of anilines is 1. The molecule has 0 radical (unpaired) electrons. The molecule has 0 aliphatic rings. The fourth-order valence-corrected chi connectivity index (χ4v) is 1.75. The van der Waals surface area contributed by atoms with Gasteiger partial charge < -0.3 is 15.2 Å². The number of phenols is 1. The summed E-state index contributed by atoms with van der Waals surface area (Å²) in [6, 6.07) is 12.3. The molecule has 2 aromatic carbocycles. The molecule has 0 saturated heterocycles. The van der Waals surface area contributed by atoms with Gasteiger partial charge in [-0.15, -0.1) is 0 Å². The molecule has 2 aromatic rings. The molecule has 0 aliphatic carbocycles. The number of amides is 1. The van der Waals surface area contributed by atoms with Crippen molar-refractivity contribution in [2.45, 2.75) is 12.8 Å². The van der Waals surface area contributed by atoms with Gasteiger partial charge in [0.2, 0.25) is 5.91 Å². The van der Waals surface area contributed by atoms with Crippen LogP contribution in [0.25, 0.3) is 0 Å². The van der Waals surface area contributed by atoms with Gasteiger partial charge in [-0.2, -0.15) is 0 Å². The van der Waals surface area contributed by atoms with Crippen LogP contribution in [0, 0.1) is 5.82 Å². The summed E-state index contributed by atoms with van der Waals surface area (Å²) in [6.45, 7) is 0.361. The first-order chi connectivity index (χ1) is 10.1. The molecule has 0 aliphatic heterocycles. The van der Waals surface area contributed by atoms with Gasteiger partial charge >= 0.3 is 0 Å². The van der Waals surface area contributed by atoms with Gasteiger partial charge in [0, 0.05) is 6.42 Å². The maximum atomic E-state index is 12.7.